The second-order valence-corrected chi connectivity index (χ2v) is 7.58. The first-order valence-corrected chi connectivity index (χ1v) is 8.87. The molecule has 0 spiro atoms. The van der Waals surface area contributed by atoms with E-state index in [1.165, 1.54) is 17.4 Å². The number of hydrogen-bond acceptors (Lipinski definition) is 7. The van der Waals surface area contributed by atoms with Crippen molar-refractivity contribution in [2.45, 2.75) is 38.8 Å². The van der Waals surface area contributed by atoms with Crippen LogP contribution in [0.5, 0.6) is 0 Å². The van der Waals surface area contributed by atoms with Gasteiger partial charge in [-0.25, -0.2) is 19.6 Å². The Balaban J connectivity index is 2.12. The van der Waals surface area contributed by atoms with E-state index in [4.69, 9.17) is 10.5 Å². The average molecular weight is 392 g/mol. The van der Waals surface area contributed by atoms with E-state index in [-0.39, 0.29) is 12.1 Å². The summed E-state index contributed by atoms with van der Waals surface area (Å²) in [7, 11) is 0. The van der Waals surface area contributed by atoms with Crippen molar-refractivity contribution >= 4 is 29.3 Å². The van der Waals surface area contributed by atoms with Crippen molar-refractivity contribution in [3.05, 3.63) is 34.3 Å². The van der Waals surface area contributed by atoms with Gasteiger partial charge in [-0.15, -0.1) is 11.3 Å². The maximum absolute atomic E-state index is 11.8. The SMILES string of the molecule is CC(C)(C)OC(=O)N[C@@H](Cc1nc(-c2cccc(C(N)=O)n2)cs1)C(=O)O. The Morgan fingerprint density at radius 2 is 1.96 bits per heavy atom. The Morgan fingerprint density at radius 1 is 1.26 bits per heavy atom. The number of amides is 2. The number of carboxylic acid groups (broad SMARTS) is 1. The van der Waals surface area contributed by atoms with Crippen molar-refractivity contribution in [1.29, 1.82) is 0 Å². The molecule has 2 amide bonds. The number of aromatic nitrogens is 2. The zero-order valence-electron chi connectivity index (χ0n) is 15.1. The number of carbonyl (C=O) groups is 3. The number of carbonyl (C=O) groups excluding carboxylic acids is 2. The molecule has 0 aromatic carbocycles. The number of alkyl carbamates (subject to hydrolysis) is 1. The molecule has 27 heavy (non-hydrogen) atoms. The van der Waals surface area contributed by atoms with Crippen LogP contribution in [0, 0.1) is 0 Å². The number of ether oxygens (including phenoxy) is 1. The van der Waals surface area contributed by atoms with Gasteiger partial charge in [0, 0.05) is 11.8 Å². The number of thiazole rings is 1. The Bertz CT molecular complexity index is 859. The molecule has 0 bridgehead atoms. The van der Waals surface area contributed by atoms with E-state index in [0.29, 0.717) is 16.4 Å². The van der Waals surface area contributed by atoms with Gasteiger partial charge >= 0.3 is 12.1 Å². The first kappa shape index (κ1) is 20.3. The van der Waals surface area contributed by atoms with E-state index in [2.05, 4.69) is 15.3 Å². The highest BCUT2D eigenvalue weighted by atomic mass is 32.1. The topological polar surface area (TPSA) is 144 Å². The van der Waals surface area contributed by atoms with Crippen molar-refractivity contribution in [3.63, 3.8) is 0 Å². The predicted octanol–water partition coefficient (Wildman–Crippen LogP) is 1.82. The second-order valence-electron chi connectivity index (χ2n) is 6.64. The molecule has 0 aliphatic carbocycles. The summed E-state index contributed by atoms with van der Waals surface area (Å²) in [6, 6.07) is 3.60. The molecule has 0 fully saturated rings. The largest absolute Gasteiger partial charge is 0.480 e. The maximum atomic E-state index is 11.8. The second kappa shape index (κ2) is 8.12. The summed E-state index contributed by atoms with van der Waals surface area (Å²) < 4.78 is 5.08. The van der Waals surface area contributed by atoms with Crippen LogP contribution in [-0.4, -0.2) is 44.7 Å². The van der Waals surface area contributed by atoms with Crippen LogP contribution >= 0.6 is 11.3 Å². The number of primary amides is 1. The van der Waals surface area contributed by atoms with Gasteiger partial charge in [0.1, 0.15) is 17.3 Å². The molecular weight excluding hydrogens is 372 g/mol. The molecule has 4 N–H and O–H groups in total. The summed E-state index contributed by atoms with van der Waals surface area (Å²) in [6.45, 7) is 5.05. The number of hydrogen-bond donors (Lipinski definition) is 3. The highest BCUT2D eigenvalue weighted by Crippen LogP contribution is 2.21. The summed E-state index contributed by atoms with van der Waals surface area (Å²) in [6.07, 6.45) is -0.836. The summed E-state index contributed by atoms with van der Waals surface area (Å²) in [5.41, 5.74) is 5.52. The van der Waals surface area contributed by atoms with Crippen LogP contribution in [0.4, 0.5) is 4.79 Å². The Hall–Kier alpha value is -3.01. The van der Waals surface area contributed by atoms with Crippen LogP contribution in [0.3, 0.4) is 0 Å². The lowest BCUT2D eigenvalue weighted by molar-refractivity contribution is -0.139. The van der Waals surface area contributed by atoms with E-state index in [0.717, 1.165) is 0 Å². The standard InChI is InChI=1S/C17H20N4O5S/c1-17(2,3)26-16(25)21-11(15(23)24)7-13-20-12(8-27-13)9-5-4-6-10(19-9)14(18)22/h4-6,8,11H,7H2,1-3H3,(H2,18,22)(H,21,25)(H,23,24)/t11-/m0/s1. The van der Waals surface area contributed by atoms with Crippen LogP contribution in [-0.2, 0) is 16.0 Å². The lowest BCUT2D eigenvalue weighted by Gasteiger charge is -2.21. The van der Waals surface area contributed by atoms with Crippen molar-refractivity contribution in [3.8, 4) is 11.4 Å². The smallest absolute Gasteiger partial charge is 0.408 e. The number of rotatable bonds is 6. The fourth-order valence-corrected chi connectivity index (χ4v) is 2.90. The lowest BCUT2D eigenvalue weighted by Crippen LogP contribution is -2.44. The zero-order chi connectivity index (χ0) is 20.2. The molecule has 0 saturated heterocycles. The van der Waals surface area contributed by atoms with Crippen LogP contribution in [0.1, 0.15) is 36.3 Å². The molecule has 9 nitrogen and oxygen atoms in total. The third-order valence-electron chi connectivity index (χ3n) is 3.18. The molecule has 2 aromatic rings. The number of aliphatic carboxylic acids is 1. The van der Waals surface area contributed by atoms with E-state index >= 15 is 0 Å². The third kappa shape index (κ3) is 6.03. The van der Waals surface area contributed by atoms with E-state index < -0.39 is 29.6 Å². The summed E-state index contributed by atoms with van der Waals surface area (Å²) in [5, 5.41) is 13.8. The lowest BCUT2D eigenvalue weighted by atomic mass is 10.2. The minimum absolute atomic E-state index is 0.0191. The molecule has 0 aliphatic heterocycles. The van der Waals surface area contributed by atoms with Gasteiger partial charge in [0.25, 0.3) is 5.91 Å². The van der Waals surface area contributed by atoms with Crippen LogP contribution in [0.2, 0.25) is 0 Å². The fourth-order valence-electron chi connectivity index (χ4n) is 2.06. The number of nitrogens with one attached hydrogen (secondary N) is 1. The Labute approximate surface area is 159 Å². The first-order chi connectivity index (χ1) is 12.5. The van der Waals surface area contributed by atoms with Crippen molar-refractivity contribution in [2.24, 2.45) is 5.73 Å². The van der Waals surface area contributed by atoms with Gasteiger partial charge in [-0.1, -0.05) is 6.07 Å². The maximum Gasteiger partial charge on any atom is 0.408 e. The van der Waals surface area contributed by atoms with Crippen LogP contribution in [0.15, 0.2) is 23.6 Å². The Morgan fingerprint density at radius 3 is 2.56 bits per heavy atom. The van der Waals surface area contributed by atoms with Crippen LogP contribution < -0.4 is 11.1 Å². The van der Waals surface area contributed by atoms with Crippen molar-refractivity contribution < 1.29 is 24.2 Å². The predicted molar refractivity (Wildman–Crippen MR) is 98.4 cm³/mol. The molecule has 2 aromatic heterocycles. The van der Waals surface area contributed by atoms with Gasteiger partial charge in [0.2, 0.25) is 0 Å². The van der Waals surface area contributed by atoms with Gasteiger partial charge in [-0.3, -0.25) is 4.79 Å². The summed E-state index contributed by atoms with van der Waals surface area (Å²) in [5.74, 6) is -1.86. The molecule has 0 unspecified atom stereocenters. The minimum Gasteiger partial charge on any atom is -0.480 e. The zero-order valence-corrected chi connectivity index (χ0v) is 15.9. The molecule has 10 heteroatoms. The molecule has 0 saturated carbocycles. The Kier molecular flexibility index (Phi) is 6.11. The molecular formula is C17H20N4O5S. The van der Waals surface area contributed by atoms with Crippen molar-refractivity contribution in [1.82, 2.24) is 15.3 Å². The molecule has 0 radical (unpaired) electrons. The van der Waals surface area contributed by atoms with Gasteiger partial charge < -0.3 is 20.9 Å². The summed E-state index contributed by atoms with van der Waals surface area (Å²) in [4.78, 5) is 43.0. The van der Waals surface area contributed by atoms with Crippen molar-refractivity contribution in [2.75, 3.05) is 0 Å². The van der Waals surface area contributed by atoms with Gasteiger partial charge in [0.15, 0.2) is 0 Å². The molecule has 1 atom stereocenters. The molecule has 0 aliphatic rings. The number of carboxylic acids is 1. The fraction of sp³-hybridized carbons (Fsp3) is 0.353. The average Bonchev–Trinajstić information content (AvgIpc) is 3.01. The summed E-state index contributed by atoms with van der Waals surface area (Å²) >= 11 is 1.22. The number of pyridine rings is 1. The highest BCUT2D eigenvalue weighted by Gasteiger charge is 2.25. The third-order valence-corrected chi connectivity index (χ3v) is 4.05. The quantitative estimate of drug-likeness (QED) is 0.680. The van der Waals surface area contributed by atoms with E-state index in [1.54, 1.807) is 38.3 Å². The van der Waals surface area contributed by atoms with E-state index in [1.807, 2.05) is 0 Å². The van der Waals surface area contributed by atoms with E-state index in [9.17, 15) is 19.5 Å². The number of nitrogens with zero attached hydrogens (tertiary/aromatic N) is 2. The monoisotopic (exact) mass is 392 g/mol. The molecule has 2 rings (SSSR count). The number of nitrogens with two attached hydrogens (primary N) is 1. The normalized spacial score (nSPS) is 12.3. The molecule has 2 heterocycles. The van der Waals surface area contributed by atoms with Crippen LogP contribution in [0.25, 0.3) is 11.4 Å². The minimum atomic E-state index is -1.20. The highest BCUT2D eigenvalue weighted by molar-refractivity contribution is 7.10. The van der Waals surface area contributed by atoms with Gasteiger partial charge in [-0.05, 0) is 32.9 Å². The van der Waals surface area contributed by atoms with Gasteiger partial charge in [0.05, 0.1) is 16.4 Å². The first-order valence-electron chi connectivity index (χ1n) is 7.99. The molecule has 144 valence electrons. The van der Waals surface area contributed by atoms with Gasteiger partial charge in [-0.2, -0.15) is 0 Å².